The van der Waals surface area contributed by atoms with Crippen LogP contribution in [0.2, 0.25) is 0 Å². The van der Waals surface area contributed by atoms with Gasteiger partial charge in [-0.15, -0.1) is 0 Å². The van der Waals surface area contributed by atoms with Crippen LogP contribution in [0.1, 0.15) is 38.5 Å². The second-order valence-electron chi connectivity index (χ2n) is 6.25. The van der Waals surface area contributed by atoms with Crippen LogP contribution in [-0.4, -0.2) is 24.4 Å². The molecule has 2 heteroatoms. The van der Waals surface area contributed by atoms with Gasteiger partial charge in [0.15, 0.2) is 0 Å². The molecule has 2 aliphatic carbocycles. The first-order valence-corrected chi connectivity index (χ1v) is 7.07. The largest absolute Gasteiger partial charge is 0.370 e. The predicted octanol–water partition coefficient (Wildman–Crippen LogP) is 3.30. The molecule has 0 radical (unpaired) electrons. The maximum atomic E-state index is 6.06. The molecule has 4 rings (SSSR count). The summed E-state index contributed by atoms with van der Waals surface area (Å²) < 4.78 is 12.1. The second-order valence-corrected chi connectivity index (χ2v) is 6.25. The minimum absolute atomic E-state index is 0.117. The lowest BCUT2D eigenvalue weighted by Crippen LogP contribution is -2.37. The highest BCUT2D eigenvalue weighted by Gasteiger charge is 2.48. The SMILES string of the molecule is C1=CCC2(CC3=C(C2)CC2(CC=CCO2)C3)OC1. The molecule has 0 unspecified atom stereocenters. The van der Waals surface area contributed by atoms with Crippen LogP contribution in [0.25, 0.3) is 0 Å². The fourth-order valence-corrected chi connectivity index (χ4v) is 4.10. The Morgan fingerprint density at radius 3 is 1.44 bits per heavy atom. The van der Waals surface area contributed by atoms with E-state index in [0.29, 0.717) is 0 Å². The van der Waals surface area contributed by atoms with Crippen molar-refractivity contribution in [3.8, 4) is 0 Å². The van der Waals surface area contributed by atoms with E-state index in [1.54, 1.807) is 11.1 Å². The fraction of sp³-hybridized carbons (Fsp3) is 0.625. The summed E-state index contributed by atoms with van der Waals surface area (Å²) in [5, 5.41) is 0. The van der Waals surface area contributed by atoms with Crippen molar-refractivity contribution in [2.24, 2.45) is 0 Å². The van der Waals surface area contributed by atoms with E-state index in [9.17, 15) is 0 Å². The monoisotopic (exact) mass is 244 g/mol. The third kappa shape index (κ3) is 1.63. The molecule has 2 spiro atoms. The van der Waals surface area contributed by atoms with Crippen molar-refractivity contribution in [3.63, 3.8) is 0 Å². The lowest BCUT2D eigenvalue weighted by atomic mass is 9.84. The van der Waals surface area contributed by atoms with Crippen molar-refractivity contribution in [1.29, 1.82) is 0 Å². The molecule has 96 valence electrons. The number of hydrogen-bond acceptors (Lipinski definition) is 2. The Morgan fingerprint density at radius 2 is 1.11 bits per heavy atom. The molecule has 0 N–H and O–H groups in total. The predicted molar refractivity (Wildman–Crippen MR) is 70.4 cm³/mol. The molecule has 2 heterocycles. The fourth-order valence-electron chi connectivity index (χ4n) is 4.10. The smallest absolute Gasteiger partial charge is 0.0795 e. The van der Waals surface area contributed by atoms with Crippen molar-refractivity contribution in [3.05, 3.63) is 35.5 Å². The lowest BCUT2D eigenvalue weighted by Gasteiger charge is -2.36. The van der Waals surface area contributed by atoms with Gasteiger partial charge in [-0.1, -0.05) is 35.5 Å². The Hall–Kier alpha value is -0.860. The van der Waals surface area contributed by atoms with Crippen LogP contribution < -0.4 is 0 Å². The zero-order valence-corrected chi connectivity index (χ0v) is 10.8. The van der Waals surface area contributed by atoms with Gasteiger partial charge in [0, 0.05) is 0 Å². The van der Waals surface area contributed by atoms with Gasteiger partial charge < -0.3 is 9.47 Å². The quantitative estimate of drug-likeness (QED) is 0.609. The molecular formula is C16H20O2. The van der Waals surface area contributed by atoms with E-state index >= 15 is 0 Å². The van der Waals surface area contributed by atoms with Gasteiger partial charge in [0.25, 0.3) is 0 Å². The summed E-state index contributed by atoms with van der Waals surface area (Å²) in [5.74, 6) is 0. The lowest BCUT2D eigenvalue weighted by molar-refractivity contribution is -0.0502. The molecule has 0 aromatic rings. The molecular weight excluding hydrogens is 224 g/mol. The summed E-state index contributed by atoms with van der Waals surface area (Å²) in [7, 11) is 0. The number of hydrogen-bond donors (Lipinski definition) is 0. The summed E-state index contributed by atoms with van der Waals surface area (Å²) in [6.45, 7) is 1.59. The standard InChI is InChI=1S/C16H20O2/c1-3-7-17-15(5-1)9-13-11-16(12-14(13)10-15)6-2-4-8-18-16/h1-4H,5-12H2. The van der Waals surface area contributed by atoms with E-state index in [2.05, 4.69) is 24.3 Å². The molecule has 0 bridgehead atoms. The van der Waals surface area contributed by atoms with Crippen LogP contribution in [0, 0.1) is 0 Å². The van der Waals surface area contributed by atoms with Gasteiger partial charge in [-0.2, -0.15) is 0 Å². The van der Waals surface area contributed by atoms with Crippen molar-refractivity contribution >= 4 is 0 Å². The van der Waals surface area contributed by atoms with Gasteiger partial charge in [-0.25, -0.2) is 0 Å². The molecule has 0 saturated heterocycles. The highest BCUT2D eigenvalue weighted by atomic mass is 16.5. The first-order valence-electron chi connectivity index (χ1n) is 7.07. The maximum absolute atomic E-state index is 6.06. The van der Waals surface area contributed by atoms with E-state index in [-0.39, 0.29) is 11.2 Å². The van der Waals surface area contributed by atoms with Gasteiger partial charge in [0.2, 0.25) is 0 Å². The van der Waals surface area contributed by atoms with Crippen LogP contribution in [0.15, 0.2) is 35.5 Å². The van der Waals surface area contributed by atoms with E-state index in [1.807, 2.05) is 0 Å². The topological polar surface area (TPSA) is 18.5 Å². The molecule has 0 amide bonds. The van der Waals surface area contributed by atoms with Crippen LogP contribution in [-0.2, 0) is 9.47 Å². The van der Waals surface area contributed by atoms with Crippen molar-refractivity contribution in [2.75, 3.05) is 13.2 Å². The van der Waals surface area contributed by atoms with Crippen LogP contribution in [0.5, 0.6) is 0 Å². The molecule has 18 heavy (non-hydrogen) atoms. The third-order valence-corrected chi connectivity index (χ3v) is 4.93. The Bertz CT molecular complexity index is 398. The third-order valence-electron chi connectivity index (χ3n) is 4.93. The van der Waals surface area contributed by atoms with Crippen LogP contribution in [0.3, 0.4) is 0 Å². The summed E-state index contributed by atoms with van der Waals surface area (Å²) in [5.41, 5.74) is 3.51. The van der Waals surface area contributed by atoms with Gasteiger partial charge in [0.1, 0.15) is 0 Å². The normalized spacial score (nSPS) is 31.6. The molecule has 2 nitrogen and oxygen atoms in total. The molecule has 0 fully saturated rings. The van der Waals surface area contributed by atoms with Gasteiger partial charge >= 0.3 is 0 Å². The summed E-state index contributed by atoms with van der Waals surface area (Å²) >= 11 is 0. The minimum atomic E-state index is 0.117. The molecule has 4 aliphatic rings. The van der Waals surface area contributed by atoms with Gasteiger partial charge in [0.05, 0.1) is 24.4 Å². The zero-order valence-electron chi connectivity index (χ0n) is 10.8. The molecule has 0 aromatic heterocycles. The Kier molecular flexibility index (Phi) is 2.33. The minimum Gasteiger partial charge on any atom is -0.370 e. The van der Waals surface area contributed by atoms with E-state index in [4.69, 9.17) is 9.47 Å². The van der Waals surface area contributed by atoms with E-state index < -0.39 is 0 Å². The first-order chi connectivity index (χ1) is 8.79. The molecule has 2 aliphatic heterocycles. The highest BCUT2D eigenvalue weighted by Crippen LogP contribution is 2.53. The summed E-state index contributed by atoms with van der Waals surface area (Å²) in [4.78, 5) is 0. The molecule has 0 aromatic carbocycles. The average Bonchev–Trinajstić information content (AvgIpc) is 2.83. The summed E-state index contributed by atoms with van der Waals surface area (Å²) in [6.07, 6.45) is 15.6. The van der Waals surface area contributed by atoms with Gasteiger partial charge in [-0.05, 0) is 38.5 Å². The first kappa shape index (κ1) is 11.0. The maximum Gasteiger partial charge on any atom is 0.0795 e. The summed E-state index contributed by atoms with van der Waals surface area (Å²) in [6, 6.07) is 0. The highest BCUT2D eigenvalue weighted by molar-refractivity contribution is 5.36. The molecule has 0 atom stereocenters. The number of ether oxygens (including phenoxy) is 2. The van der Waals surface area contributed by atoms with E-state index in [1.165, 1.54) is 0 Å². The number of rotatable bonds is 0. The Balaban J connectivity index is 1.50. The van der Waals surface area contributed by atoms with Crippen molar-refractivity contribution in [1.82, 2.24) is 0 Å². The average molecular weight is 244 g/mol. The van der Waals surface area contributed by atoms with Crippen molar-refractivity contribution < 1.29 is 9.47 Å². The molecule has 0 saturated carbocycles. The van der Waals surface area contributed by atoms with Crippen molar-refractivity contribution in [2.45, 2.75) is 49.7 Å². The van der Waals surface area contributed by atoms with Crippen LogP contribution >= 0.6 is 0 Å². The van der Waals surface area contributed by atoms with Crippen LogP contribution in [0.4, 0.5) is 0 Å². The Morgan fingerprint density at radius 1 is 0.667 bits per heavy atom. The zero-order chi connectivity index (χ0) is 12.1. The van der Waals surface area contributed by atoms with Gasteiger partial charge in [-0.3, -0.25) is 0 Å². The van der Waals surface area contributed by atoms with E-state index in [0.717, 1.165) is 51.7 Å². The Labute approximate surface area is 108 Å². The second kappa shape index (κ2) is 3.82.